The van der Waals surface area contributed by atoms with Crippen molar-refractivity contribution in [3.8, 4) is 5.75 Å². The Morgan fingerprint density at radius 1 is 1.36 bits per heavy atom. The molecule has 3 heteroatoms. The van der Waals surface area contributed by atoms with Gasteiger partial charge < -0.3 is 9.84 Å². The number of aliphatic hydroxyl groups excluding tert-OH is 1. The fourth-order valence-electron chi connectivity index (χ4n) is 0.953. The van der Waals surface area contributed by atoms with E-state index in [1.165, 1.54) is 6.92 Å². The Bertz CT molecular complexity index is 282. The number of ether oxygens (including phenoxy) is 1. The van der Waals surface area contributed by atoms with Crippen LogP contribution in [-0.2, 0) is 0 Å². The first kappa shape index (κ1) is 12.7. The second-order valence-corrected chi connectivity index (χ2v) is 2.33. The lowest BCUT2D eigenvalue weighted by molar-refractivity contribution is 0.0928. The molecule has 0 amide bonds. The summed E-state index contributed by atoms with van der Waals surface area (Å²) in [4.78, 5) is 11.0. The zero-order chi connectivity index (χ0) is 11.0. The number of carbonyl (C=O) groups is 1. The summed E-state index contributed by atoms with van der Waals surface area (Å²) in [5, 5.41) is 8.49. The number of carbonyl (C=O) groups excluding carboxylic acids is 1. The zero-order valence-corrected chi connectivity index (χ0v) is 8.78. The fraction of sp³-hybridized carbons (Fsp3) is 0.364. The summed E-state index contributed by atoms with van der Waals surface area (Å²) in [6.45, 7) is 5.05. The van der Waals surface area contributed by atoms with Crippen LogP contribution in [-0.4, -0.2) is 17.7 Å². The monoisotopic (exact) mass is 196 g/mol. The molecule has 0 unspecified atom stereocenters. The first-order valence-corrected chi connectivity index (χ1v) is 4.59. The molecule has 14 heavy (non-hydrogen) atoms. The van der Waals surface area contributed by atoms with Crippen LogP contribution in [0.1, 0.15) is 31.1 Å². The second-order valence-electron chi connectivity index (χ2n) is 2.33. The summed E-state index contributed by atoms with van der Waals surface area (Å²) in [5.41, 5.74) is 0.492. The van der Waals surface area contributed by atoms with E-state index in [-0.39, 0.29) is 5.78 Å². The number of Topliss-reactive ketones (excluding diaryl/α,β-unsaturated/α-hetero) is 1. The van der Waals surface area contributed by atoms with Crippen LogP contribution >= 0.6 is 0 Å². The highest BCUT2D eigenvalue weighted by atomic mass is 16.6. The molecule has 0 saturated carbocycles. The quantitative estimate of drug-likeness (QED) is 0.595. The van der Waals surface area contributed by atoms with Crippen molar-refractivity contribution in [1.29, 1.82) is 0 Å². The maximum atomic E-state index is 11.0. The molecule has 0 saturated heterocycles. The molecular formula is C11H16O3. The largest absolute Gasteiger partial charge is 0.467 e. The Morgan fingerprint density at radius 2 is 1.93 bits per heavy atom. The van der Waals surface area contributed by atoms with Gasteiger partial charge in [0.1, 0.15) is 5.75 Å². The lowest BCUT2D eigenvalue weighted by Gasteiger charge is -2.05. The molecule has 0 spiro atoms. The Hall–Kier alpha value is -1.35. The fourth-order valence-corrected chi connectivity index (χ4v) is 0.953. The molecule has 0 aliphatic carbocycles. The van der Waals surface area contributed by atoms with E-state index in [2.05, 4.69) is 0 Å². The Labute approximate surface area is 84.3 Å². The summed E-state index contributed by atoms with van der Waals surface area (Å²) in [6.07, 6.45) is 0. The Morgan fingerprint density at radius 3 is 2.43 bits per heavy atom. The first-order valence-electron chi connectivity index (χ1n) is 4.59. The first-order chi connectivity index (χ1) is 6.75. The maximum absolute atomic E-state index is 11.0. The highest BCUT2D eigenvalue weighted by molar-refractivity contribution is 5.96. The molecule has 0 heterocycles. The molecule has 78 valence electrons. The van der Waals surface area contributed by atoms with Gasteiger partial charge in [0.05, 0.1) is 5.56 Å². The molecule has 1 N–H and O–H groups in total. The van der Waals surface area contributed by atoms with E-state index in [0.29, 0.717) is 11.3 Å². The van der Waals surface area contributed by atoms with Crippen molar-refractivity contribution in [2.24, 2.45) is 0 Å². The smallest absolute Gasteiger partial charge is 0.186 e. The number of aliphatic hydroxyl groups is 1. The Balaban J connectivity index is 0.000000791. The van der Waals surface area contributed by atoms with Crippen molar-refractivity contribution in [2.45, 2.75) is 20.8 Å². The summed E-state index contributed by atoms with van der Waals surface area (Å²) in [5.74, 6) is 0.353. The van der Waals surface area contributed by atoms with Gasteiger partial charge in [-0.1, -0.05) is 26.0 Å². The van der Waals surface area contributed by atoms with Gasteiger partial charge in [0.15, 0.2) is 12.6 Å². The van der Waals surface area contributed by atoms with Gasteiger partial charge in [0.2, 0.25) is 0 Å². The third kappa shape index (κ3) is 3.58. The van der Waals surface area contributed by atoms with Crippen LogP contribution in [0.15, 0.2) is 24.3 Å². The minimum absolute atomic E-state index is 0.0703. The molecular weight excluding hydrogens is 180 g/mol. The van der Waals surface area contributed by atoms with Crippen LogP contribution in [0.5, 0.6) is 5.75 Å². The van der Waals surface area contributed by atoms with Gasteiger partial charge in [0.25, 0.3) is 0 Å². The lowest BCUT2D eigenvalue weighted by Crippen LogP contribution is -2.01. The van der Waals surface area contributed by atoms with E-state index in [0.717, 1.165) is 0 Å². The molecule has 0 atom stereocenters. The van der Waals surface area contributed by atoms with E-state index in [1.807, 2.05) is 13.8 Å². The molecule has 0 aliphatic heterocycles. The molecule has 1 rings (SSSR count). The van der Waals surface area contributed by atoms with Crippen LogP contribution in [0.3, 0.4) is 0 Å². The third-order valence-corrected chi connectivity index (χ3v) is 1.49. The minimum atomic E-state index is -0.412. The van der Waals surface area contributed by atoms with E-state index in [1.54, 1.807) is 24.3 Å². The standard InChI is InChI=1S/C9H10O3.C2H6/c1-7(11)8-4-2-3-5-9(8)12-6-10;1-2/h2-5,10H,6H2,1H3;1-2H3. The van der Waals surface area contributed by atoms with Gasteiger partial charge >= 0.3 is 0 Å². The predicted molar refractivity (Wildman–Crippen MR) is 55.5 cm³/mol. The average Bonchev–Trinajstić information content (AvgIpc) is 2.22. The normalized spacial score (nSPS) is 8.57. The highest BCUT2D eigenvalue weighted by Gasteiger charge is 2.05. The SMILES string of the molecule is CC.CC(=O)c1ccccc1OCO. The molecule has 0 radical (unpaired) electrons. The number of ketones is 1. The van der Waals surface area contributed by atoms with Crippen LogP contribution in [0, 0.1) is 0 Å². The van der Waals surface area contributed by atoms with Crippen LogP contribution < -0.4 is 4.74 Å². The molecule has 0 aromatic heterocycles. The summed E-state index contributed by atoms with van der Waals surface area (Å²) in [6, 6.07) is 6.80. The van der Waals surface area contributed by atoms with Crippen molar-refractivity contribution in [3.05, 3.63) is 29.8 Å². The van der Waals surface area contributed by atoms with Gasteiger partial charge in [-0.3, -0.25) is 4.79 Å². The summed E-state index contributed by atoms with van der Waals surface area (Å²) >= 11 is 0. The number of para-hydroxylation sites is 1. The topological polar surface area (TPSA) is 46.5 Å². The number of hydrogen-bond donors (Lipinski definition) is 1. The van der Waals surface area contributed by atoms with Crippen LogP contribution in [0.2, 0.25) is 0 Å². The lowest BCUT2D eigenvalue weighted by atomic mass is 10.1. The zero-order valence-electron chi connectivity index (χ0n) is 8.78. The van der Waals surface area contributed by atoms with Gasteiger partial charge in [0, 0.05) is 0 Å². The van der Waals surface area contributed by atoms with Crippen molar-refractivity contribution in [3.63, 3.8) is 0 Å². The second kappa shape index (κ2) is 7.09. The maximum Gasteiger partial charge on any atom is 0.186 e. The average molecular weight is 196 g/mol. The van der Waals surface area contributed by atoms with Crippen molar-refractivity contribution in [2.75, 3.05) is 6.79 Å². The summed E-state index contributed by atoms with van der Waals surface area (Å²) < 4.78 is 4.83. The number of rotatable bonds is 3. The molecule has 0 bridgehead atoms. The Kier molecular flexibility index (Phi) is 6.41. The number of benzene rings is 1. The highest BCUT2D eigenvalue weighted by Crippen LogP contribution is 2.17. The van der Waals surface area contributed by atoms with Gasteiger partial charge in [-0.2, -0.15) is 0 Å². The minimum Gasteiger partial charge on any atom is -0.467 e. The van der Waals surface area contributed by atoms with E-state index < -0.39 is 6.79 Å². The third-order valence-electron chi connectivity index (χ3n) is 1.49. The van der Waals surface area contributed by atoms with E-state index in [4.69, 9.17) is 9.84 Å². The summed E-state index contributed by atoms with van der Waals surface area (Å²) in [7, 11) is 0. The van der Waals surface area contributed by atoms with Crippen molar-refractivity contribution in [1.82, 2.24) is 0 Å². The predicted octanol–water partition coefficient (Wildman–Crippen LogP) is 2.24. The molecule has 0 aliphatic rings. The molecule has 3 nitrogen and oxygen atoms in total. The molecule has 1 aromatic carbocycles. The van der Waals surface area contributed by atoms with Crippen molar-refractivity contribution >= 4 is 5.78 Å². The molecule has 0 fully saturated rings. The van der Waals surface area contributed by atoms with Gasteiger partial charge in [-0.25, -0.2) is 0 Å². The van der Waals surface area contributed by atoms with Crippen molar-refractivity contribution < 1.29 is 14.6 Å². The van der Waals surface area contributed by atoms with E-state index >= 15 is 0 Å². The van der Waals surface area contributed by atoms with Crippen LogP contribution in [0.25, 0.3) is 0 Å². The van der Waals surface area contributed by atoms with E-state index in [9.17, 15) is 4.79 Å². The molecule has 1 aromatic rings. The van der Waals surface area contributed by atoms with Gasteiger partial charge in [-0.05, 0) is 19.1 Å². The van der Waals surface area contributed by atoms with Crippen LogP contribution in [0.4, 0.5) is 0 Å². The number of hydrogen-bond acceptors (Lipinski definition) is 3. The van der Waals surface area contributed by atoms with Gasteiger partial charge in [-0.15, -0.1) is 0 Å².